The van der Waals surface area contributed by atoms with Crippen LogP contribution in [0, 0.1) is 10.8 Å². The van der Waals surface area contributed by atoms with Crippen molar-refractivity contribution in [2.75, 3.05) is 31.6 Å². The Labute approximate surface area is 215 Å². The molecule has 3 unspecified atom stereocenters. The average Bonchev–Trinajstić information content (AvgIpc) is 3.25. The molecule has 1 saturated carbocycles. The van der Waals surface area contributed by atoms with Gasteiger partial charge >= 0.3 is 0 Å². The number of carbonyl (C=O) groups is 2. The lowest BCUT2D eigenvalue weighted by Gasteiger charge is -2.39. The molecule has 2 heterocycles. The van der Waals surface area contributed by atoms with Gasteiger partial charge in [0, 0.05) is 54.7 Å². The Morgan fingerprint density at radius 1 is 1.11 bits per heavy atom. The molecule has 2 amide bonds. The summed E-state index contributed by atoms with van der Waals surface area (Å²) in [5, 5.41) is 3.56. The SMILES string of the molecule is CCOCCCN1C(=O)c2ccccc2C1Nc1cccc(C(=O)N2CC3(C)CC2CC(C)(C)C3)c1. The highest BCUT2D eigenvalue weighted by molar-refractivity contribution is 5.99. The molecule has 2 fully saturated rings. The van der Waals surface area contributed by atoms with Crippen molar-refractivity contribution in [1.29, 1.82) is 0 Å². The van der Waals surface area contributed by atoms with Crippen LogP contribution in [-0.2, 0) is 4.74 Å². The van der Waals surface area contributed by atoms with E-state index in [0.717, 1.165) is 49.0 Å². The molecule has 0 spiro atoms. The summed E-state index contributed by atoms with van der Waals surface area (Å²) in [4.78, 5) is 30.8. The maximum absolute atomic E-state index is 13.7. The van der Waals surface area contributed by atoms with Crippen LogP contribution in [0.3, 0.4) is 0 Å². The molecule has 0 radical (unpaired) electrons. The molecule has 192 valence electrons. The highest BCUT2D eigenvalue weighted by Gasteiger charge is 2.51. The van der Waals surface area contributed by atoms with Gasteiger partial charge in [-0.1, -0.05) is 45.0 Å². The summed E-state index contributed by atoms with van der Waals surface area (Å²) in [6.07, 6.45) is 3.82. The number of anilines is 1. The number of nitrogens with zero attached hydrogens (tertiary/aromatic N) is 2. The van der Waals surface area contributed by atoms with Gasteiger partial charge in [-0.2, -0.15) is 0 Å². The second-order valence-corrected chi connectivity index (χ2v) is 11.9. The summed E-state index contributed by atoms with van der Waals surface area (Å²) in [5.41, 5.74) is 3.73. The lowest BCUT2D eigenvalue weighted by Crippen LogP contribution is -2.37. The van der Waals surface area contributed by atoms with Gasteiger partial charge in [0.1, 0.15) is 6.17 Å². The Kier molecular flexibility index (Phi) is 6.58. The van der Waals surface area contributed by atoms with E-state index in [-0.39, 0.29) is 28.8 Å². The van der Waals surface area contributed by atoms with E-state index in [4.69, 9.17) is 4.74 Å². The number of hydrogen-bond acceptors (Lipinski definition) is 4. The van der Waals surface area contributed by atoms with E-state index in [9.17, 15) is 9.59 Å². The van der Waals surface area contributed by atoms with Crippen molar-refractivity contribution in [3.63, 3.8) is 0 Å². The van der Waals surface area contributed by atoms with Crippen LogP contribution in [0.2, 0.25) is 0 Å². The summed E-state index contributed by atoms with van der Waals surface area (Å²) < 4.78 is 5.50. The Bertz CT molecular complexity index is 1150. The first-order chi connectivity index (χ1) is 17.2. The first kappa shape index (κ1) is 24.8. The molecule has 1 saturated heterocycles. The Morgan fingerprint density at radius 2 is 1.92 bits per heavy atom. The second-order valence-electron chi connectivity index (χ2n) is 11.9. The number of nitrogens with one attached hydrogen (secondary N) is 1. The normalized spacial score (nSPS) is 26.3. The lowest BCUT2D eigenvalue weighted by atomic mass is 9.65. The third-order valence-electron chi connectivity index (χ3n) is 8.04. The van der Waals surface area contributed by atoms with Gasteiger partial charge in [0.2, 0.25) is 0 Å². The molecule has 36 heavy (non-hydrogen) atoms. The number of carbonyl (C=O) groups excluding carboxylic acids is 2. The summed E-state index contributed by atoms with van der Waals surface area (Å²) in [5.74, 6) is 0.147. The van der Waals surface area contributed by atoms with Crippen molar-refractivity contribution in [2.24, 2.45) is 10.8 Å². The van der Waals surface area contributed by atoms with Gasteiger partial charge in [-0.25, -0.2) is 0 Å². The van der Waals surface area contributed by atoms with Gasteiger partial charge < -0.3 is 19.9 Å². The predicted molar refractivity (Wildman–Crippen MR) is 142 cm³/mol. The monoisotopic (exact) mass is 489 g/mol. The first-order valence-corrected chi connectivity index (χ1v) is 13.3. The van der Waals surface area contributed by atoms with Crippen LogP contribution in [-0.4, -0.2) is 54.0 Å². The summed E-state index contributed by atoms with van der Waals surface area (Å²) in [6, 6.07) is 15.9. The fraction of sp³-hybridized carbons (Fsp3) is 0.533. The number of likely N-dealkylation sites (tertiary alicyclic amines) is 1. The van der Waals surface area contributed by atoms with Crippen LogP contribution in [0.5, 0.6) is 0 Å². The lowest BCUT2D eigenvalue weighted by molar-refractivity contribution is 0.0698. The zero-order valence-electron chi connectivity index (χ0n) is 22.0. The molecule has 1 N–H and O–H groups in total. The zero-order chi connectivity index (χ0) is 25.5. The summed E-state index contributed by atoms with van der Waals surface area (Å²) >= 11 is 0. The van der Waals surface area contributed by atoms with Gasteiger partial charge in [-0.05, 0) is 67.7 Å². The van der Waals surface area contributed by atoms with Crippen LogP contribution in [0.15, 0.2) is 48.5 Å². The number of ether oxygens (including phenoxy) is 1. The molecule has 2 aromatic carbocycles. The molecular formula is C30H39N3O3. The van der Waals surface area contributed by atoms with E-state index in [1.807, 2.05) is 60.4 Å². The van der Waals surface area contributed by atoms with Crippen LogP contribution >= 0.6 is 0 Å². The third kappa shape index (κ3) is 4.75. The molecule has 3 atom stereocenters. The number of hydrogen-bond donors (Lipinski definition) is 1. The molecule has 6 heteroatoms. The van der Waals surface area contributed by atoms with E-state index >= 15 is 0 Å². The average molecular weight is 490 g/mol. The molecule has 2 bridgehead atoms. The number of benzene rings is 2. The van der Waals surface area contributed by atoms with E-state index < -0.39 is 0 Å². The molecule has 6 nitrogen and oxygen atoms in total. The van der Waals surface area contributed by atoms with Gasteiger partial charge in [0.05, 0.1) is 0 Å². The number of amides is 2. The molecule has 2 aromatic rings. The fourth-order valence-electron chi connectivity index (χ4n) is 7.00. The van der Waals surface area contributed by atoms with Gasteiger partial charge in [-0.15, -0.1) is 0 Å². The van der Waals surface area contributed by atoms with Crippen LogP contribution in [0.4, 0.5) is 5.69 Å². The first-order valence-electron chi connectivity index (χ1n) is 13.3. The fourth-order valence-corrected chi connectivity index (χ4v) is 7.00. The maximum Gasteiger partial charge on any atom is 0.256 e. The molecule has 5 rings (SSSR count). The van der Waals surface area contributed by atoms with Gasteiger partial charge in [-0.3, -0.25) is 9.59 Å². The quantitative estimate of drug-likeness (QED) is 0.482. The Hall–Kier alpha value is -2.86. The minimum absolute atomic E-state index is 0.0343. The van der Waals surface area contributed by atoms with Crippen LogP contribution < -0.4 is 5.32 Å². The minimum Gasteiger partial charge on any atom is -0.382 e. The maximum atomic E-state index is 13.7. The minimum atomic E-state index is -0.272. The third-order valence-corrected chi connectivity index (χ3v) is 8.04. The van der Waals surface area contributed by atoms with E-state index in [1.165, 1.54) is 0 Å². The molecule has 0 aromatic heterocycles. The van der Waals surface area contributed by atoms with Crippen LogP contribution in [0.1, 0.15) is 85.8 Å². The standard InChI is InChI=1S/C30H39N3O3/c1-5-36-15-9-14-32-26(24-12-6-7-13-25(24)28(32)35)31-22-11-8-10-21(16-22)27(34)33-20-30(4)18-23(33)17-29(2,3)19-30/h6-8,10-13,16,23,26,31H,5,9,14-15,17-20H2,1-4H3. The number of fused-ring (bicyclic) bond motifs is 3. The van der Waals surface area contributed by atoms with Crippen molar-refractivity contribution in [2.45, 2.75) is 65.6 Å². The van der Waals surface area contributed by atoms with Crippen molar-refractivity contribution in [3.8, 4) is 0 Å². The second kappa shape index (κ2) is 9.55. The highest BCUT2D eigenvalue weighted by Crippen LogP contribution is 2.52. The van der Waals surface area contributed by atoms with E-state index in [0.29, 0.717) is 31.4 Å². The predicted octanol–water partition coefficient (Wildman–Crippen LogP) is 5.72. The Balaban J connectivity index is 1.35. The highest BCUT2D eigenvalue weighted by atomic mass is 16.5. The van der Waals surface area contributed by atoms with E-state index in [2.05, 4.69) is 31.0 Å². The Morgan fingerprint density at radius 3 is 2.72 bits per heavy atom. The van der Waals surface area contributed by atoms with E-state index in [1.54, 1.807) is 0 Å². The van der Waals surface area contributed by atoms with Crippen molar-refractivity contribution < 1.29 is 14.3 Å². The molecule has 1 aliphatic carbocycles. The number of rotatable bonds is 8. The smallest absolute Gasteiger partial charge is 0.256 e. The van der Waals surface area contributed by atoms with Crippen LogP contribution in [0.25, 0.3) is 0 Å². The molecule has 3 aliphatic rings. The topological polar surface area (TPSA) is 61.9 Å². The zero-order valence-corrected chi connectivity index (χ0v) is 22.0. The largest absolute Gasteiger partial charge is 0.382 e. The van der Waals surface area contributed by atoms with Crippen molar-refractivity contribution in [1.82, 2.24) is 9.80 Å². The van der Waals surface area contributed by atoms with Crippen molar-refractivity contribution >= 4 is 17.5 Å². The van der Waals surface area contributed by atoms with Gasteiger partial charge in [0.15, 0.2) is 0 Å². The molecule has 2 aliphatic heterocycles. The summed E-state index contributed by atoms with van der Waals surface area (Å²) in [7, 11) is 0. The van der Waals surface area contributed by atoms with Crippen molar-refractivity contribution in [3.05, 3.63) is 65.2 Å². The van der Waals surface area contributed by atoms with Gasteiger partial charge in [0.25, 0.3) is 11.8 Å². The molecular weight excluding hydrogens is 450 g/mol. The summed E-state index contributed by atoms with van der Waals surface area (Å²) in [6.45, 7) is 11.7.